The third-order valence-corrected chi connectivity index (χ3v) is 4.85. The Bertz CT molecular complexity index is 896. The van der Waals surface area contributed by atoms with Gasteiger partial charge in [-0.1, -0.05) is 23.4 Å². The van der Waals surface area contributed by atoms with Crippen LogP contribution in [0.25, 0.3) is 6.08 Å². The van der Waals surface area contributed by atoms with Crippen molar-refractivity contribution >= 4 is 13.2 Å². The van der Waals surface area contributed by atoms with Gasteiger partial charge in [-0.3, -0.25) is 0 Å². The first-order chi connectivity index (χ1) is 13.4. The van der Waals surface area contributed by atoms with Crippen LogP contribution >= 0.6 is 0 Å². The molecule has 1 saturated heterocycles. The lowest BCUT2D eigenvalue weighted by molar-refractivity contribution is -0.274. The van der Waals surface area contributed by atoms with Gasteiger partial charge in [0.1, 0.15) is 17.2 Å². The minimum absolute atomic E-state index is 0.0365. The average molecular weight is 413 g/mol. The van der Waals surface area contributed by atoms with Gasteiger partial charge in [0.05, 0.1) is 23.9 Å². The molecule has 0 amide bonds. The Morgan fingerprint density at radius 1 is 1.17 bits per heavy atom. The molecule has 6 nitrogen and oxygen atoms in total. The molecule has 29 heavy (non-hydrogen) atoms. The lowest BCUT2D eigenvalue weighted by Crippen LogP contribution is -2.41. The van der Waals surface area contributed by atoms with Crippen molar-refractivity contribution in [3.63, 3.8) is 0 Å². The van der Waals surface area contributed by atoms with Gasteiger partial charge in [-0.15, -0.1) is 18.3 Å². The number of hydrogen-bond acceptors (Lipinski definition) is 5. The summed E-state index contributed by atoms with van der Waals surface area (Å²) in [6, 6.07) is 5.69. The summed E-state index contributed by atoms with van der Waals surface area (Å²) in [6.45, 7) is 7.17. The second-order valence-corrected chi connectivity index (χ2v) is 7.61. The number of nitrogens with zero attached hydrogens (tertiary/aromatic N) is 3. The molecule has 0 unspecified atom stereocenters. The number of aromatic nitrogens is 3. The lowest BCUT2D eigenvalue weighted by atomic mass is 9.87. The average Bonchev–Trinajstić information content (AvgIpc) is 3.09. The molecule has 0 saturated carbocycles. The molecule has 1 aliphatic heterocycles. The Kier molecular flexibility index (Phi) is 5.48. The molecule has 0 N–H and O–H groups in total. The molecule has 2 aromatic rings. The Balaban J connectivity index is 1.73. The van der Waals surface area contributed by atoms with Crippen LogP contribution in [0.2, 0.25) is 0 Å². The molecule has 2 heterocycles. The molecule has 0 spiro atoms. The van der Waals surface area contributed by atoms with E-state index in [9.17, 15) is 17.6 Å². The van der Waals surface area contributed by atoms with E-state index in [1.807, 2.05) is 0 Å². The Morgan fingerprint density at radius 2 is 1.79 bits per heavy atom. The first-order valence-corrected chi connectivity index (χ1v) is 8.83. The van der Waals surface area contributed by atoms with E-state index in [0.717, 1.165) is 6.08 Å². The fourth-order valence-corrected chi connectivity index (χ4v) is 2.66. The molecule has 1 aromatic heterocycles. The van der Waals surface area contributed by atoms with Crippen molar-refractivity contribution in [2.24, 2.45) is 0 Å². The fraction of sp³-hybridized carbons (Fsp3) is 0.444. The molecular formula is C18H20BF4N3O3. The summed E-state index contributed by atoms with van der Waals surface area (Å²) >= 11 is 0. The van der Waals surface area contributed by atoms with Gasteiger partial charge in [-0.2, -0.15) is 0 Å². The predicted molar refractivity (Wildman–Crippen MR) is 97.4 cm³/mol. The third-order valence-electron chi connectivity index (χ3n) is 4.85. The van der Waals surface area contributed by atoms with E-state index in [1.54, 1.807) is 33.8 Å². The fourth-order valence-electron chi connectivity index (χ4n) is 2.66. The van der Waals surface area contributed by atoms with Crippen LogP contribution in [0.5, 0.6) is 5.75 Å². The third kappa shape index (κ3) is 4.97. The maximum Gasteiger partial charge on any atom is 0.573 e. The van der Waals surface area contributed by atoms with Gasteiger partial charge in [-0.25, -0.2) is 9.07 Å². The minimum Gasteiger partial charge on any atom is -0.405 e. The van der Waals surface area contributed by atoms with Gasteiger partial charge in [0.15, 0.2) is 0 Å². The van der Waals surface area contributed by atoms with E-state index in [2.05, 4.69) is 15.0 Å². The van der Waals surface area contributed by atoms with Crippen molar-refractivity contribution in [3.05, 3.63) is 47.4 Å². The number of benzene rings is 1. The molecule has 1 aliphatic rings. The van der Waals surface area contributed by atoms with Crippen molar-refractivity contribution in [2.75, 3.05) is 0 Å². The highest BCUT2D eigenvalue weighted by atomic mass is 19.4. The number of alkyl halides is 3. The largest absolute Gasteiger partial charge is 0.573 e. The van der Waals surface area contributed by atoms with Crippen LogP contribution < -0.4 is 4.74 Å². The molecule has 0 bridgehead atoms. The van der Waals surface area contributed by atoms with Crippen LogP contribution in [0.1, 0.15) is 39.0 Å². The van der Waals surface area contributed by atoms with Crippen LogP contribution in [0.4, 0.5) is 17.6 Å². The summed E-state index contributed by atoms with van der Waals surface area (Å²) in [7, 11) is -1.17. The van der Waals surface area contributed by atoms with E-state index < -0.39 is 30.4 Å². The van der Waals surface area contributed by atoms with E-state index >= 15 is 0 Å². The highest BCUT2D eigenvalue weighted by molar-refractivity contribution is 6.54. The predicted octanol–water partition coefficient (Wildman–Crippen LogP) is 4.17. The molecule has 0 radical (unpaired) electrons. The topological polar surface area (TPSA) is 58.4 Å². The van der Waals surface area contributed by atoms with Crippen molar-refractivity contribution in [3.8, 4) is 5.75 Å². The van der Waals surface area contributed by atoms with Gasteiger partial charge < -0.3 is 14.0 Å². The van der Waals surface area contributed by atoms with Crippen LogP contribution in [0.15, 0.2) is 36.2 Å². The van der Waals surface area contributed by atoms with Crippen LogP contribution in [0.3, 0.4) is 0 Å². The van der Waals surface area contributed by atoms with Crippen LogP contribution in [-0.4, -0.2) is 39.7 Å². The molecule has 1 aromatic carbocycles. The first kappa shape index (κ1) is 21.3. The monoisotopic (exact) mass is 413 g/mol. The Morgan fingerprint density at radius 3 is 2.41 bits per heavy atom. The number of hydrogen-bond donors (Lipinski definition) is 0. The maximum atomic E-state index is 14.6. The van der Waals surface area contributed by atoms with Crippen molar-refractivity contribution in [2.45, 2.75) is 51.8 Å². The summed E-state index contributed by atoms with van der Waals surface area (Å²) in [5, 5.41) is 7.65. The lowest BCUT2D eigenvalue weighted by Gasteiger charge is -2.32. The van der Waals surface area contributed by atoms with Gasteiger partial charge in [0, 0.05) is 5.56 Å². The summed E-state index contributed by atoms with van der Waals surface area (Å²) in [4.78, 5) is 0. The molecular weight excluding hydrogens is 393 g/mol. The van der Waals surface area contributed by atoms with Gasteiger partial charge >= 0.3 is 13.5 Å². The van der Waals surface area contributed by atoms with Crippen LogP contribution in [-0.2, 0) is 15.9 Å². The number of rotatable bonds is 5. The molecule has 0 atom stereocenters. The molecule has 3 rings (SSSR count). The molecule has 1 fully saturated rings. The summed E-state index contributed by atoms with van der Waals surface area (Å²) < 4.78 is 68.7. The molecule has 11 heteroatoms. The Labute approximate surface area is 165 Å². The zero-order chi connectivity index (χ0) is 21.4. The summed E-state index contributed by atoms with van der Waals surface area (Å²) in [6.07, 6.45) is -2.29. The van der Waals surface area contributed by atoms with E-state index in [0.29, 0.717) is 0 Å². The minimum atomic E-state index is -4.81. The SMILES string of the molecule is CC1(C)OB(C(F)=Cc2cn(Cc3ccccc3OC(F)(F)F)nn2)OC1(C)C. The smallest absolute Gasteiger partial charge is 0.405 e. The zero-order valence-electron chi connectivity index (χ0n) is 16.3. The quantitative estimate of drug-likeness (QED) is 0.544. The number of para-hydroxylation sites is 1. The highest BCUT2D eigenvalue weighted by Crippen LogP contribution is 2.39. The van der Waals surface area contributed by atoms with Crippen molar-refractivity contribution in [1.29, 1.82) is 0 Å². The Hall–Kier alpha value is -2.40. The van der Waals surface area contributed by atoms with E-state index in [-0.39, 0.29) is 23.6 Å². The maximum absolute atomic E-state index is 14.6. The second-order valence-electron chi connectivity index (χ2n) is 7.61. The van der Waals surface area contributed by atoms with Gasteiger partial charge in [0.2, 0.25) is 0 Å². The normalized spacial score (nSPS) is 18.9. The second kappa shape index (κ2) is 7.45. The standard InChI is InChI=1S/C18H20BF4N3O3/c1-16(2)17(3,4)29-19(28-16)15(20)9-13-11-26(25-24-13)10-12-7-5-6-8-14(12)27-18(21,22)23/h5-9,11H,10H2,1-4H3. The van der Waals surface area contributed by atoms with Gasteiger partial charge in [0.25, 0.3) is 0 Å². The van der Waals surface area contributed by atoms with E-state index in [4.69, 9.17) is 9.31 Å². The van der Waals surface area contributed by atoms with Crippen molar-refractivity contribution < 1.29 is 31.6 Å². The van der Waals surface area contributed by atoms with Crippen LogP contribution in [0, 0.1) is 0 Å². The molecule has 156 valence electrons. The number of halogens is 4. The molecule has 0 aliphatic carbocycles. The number of ether oxygens (including phenoxy) is 1. The summed E-state index contributed by atoms with van der Waals surface area (Å²) in [5.74, 6) is -0.337. The highest BCUT2D eigenvalue weighted by Gasteiger charge is 2.53. The van der Waals surface area contributed by atoms with Gasteiger partial charge in [-0.05, 0) is 39.8 Å². The zero-order valence-corrected chi connectivity index (χ0v) is 16.3. The van der Waals surface area contributed by atoms with E-state index in [1.165, 1.54) is 29.1 Å². The summed E-state index contributed by atoms with van der Waals surface area (Å²) in [5.41, 5.74) is -1.65. The van der Waals surface area contributed by atoms with Crippen molar-refractivity contribution in [1.82, 2.24) is 15.0 Å². The first-order valence-electron chi connectivity index (χ1n) is 8.83.